The average Bonchev–Trinajstić information content (AvgIpc) is 3.09. The van der Waals surface area contributed by atoms with E-state index in [0.717, 1.165) is 0 Å². The minimum Gasteiger partial charge on any atom is -0.352 e. The van der Waals surface area contributed by atoms with Crippen molar-refractivity contribution < 1.29 is 29.4 Å². The molecule has 1 heterocycles. The Hall–Kier alpha value is -3.49. The van der Waals surface area contributed by atoms with Gasteiger partial charge in [-0.25, -0.2) is 4.98 Å². The van der Waals surface area contributed by atoms with Crippen LogP contribution < -0.4 is 16.4 Å². The Labute approximate surface area is 151 Å². The van der Waals surface area contributed by atoms with Crippen LogP contribution in [0.3, 0.4) is 0 Å². The number of amides is 2. The van der Waals surface area contributed by atoms with Gasteiger partial charge in [-0.15, -0.1) is 20.2 Å². The molecule has 0 aliphatic heterocycles. The van der Waals surface area contributed by atoms with E-state index in [1.807, 2.05) is 0 Å². The molecule has 1 aromatic rings. The van der Waals surface area contributed by atoms with E-state index in [1.54, 1.807) is 0 Å². The van der Waals surface area contributed by atoms with E-state index in [-0.39, 0.29) is 19.4 Å². The normalized spacial score (nSPS) is 12.5. The Bertz CT molecular complexity index is 638. The summed E-state index contributed by atoms with van der Waals surface area (Å²) in [6.45, 7) is -1.14. The van der Waals surface area contributed by atoms with Crippen LogP contribution in [-0.2, 0) is 25.7 Å². The van der Waals surface area contributed by atoms with Gasteiger partial charge in [-0.1, -0.05) is 0 Å². The fourth-order valence-electron chi connectivity index (χ4n) is 1.95. The molecule has 0 aliphatic carbocycles. The summed E-state index contributed by atoms with van der Waals surface area (Å²) < 4.78 is 0. The lowest BCUT2D eigenvalue weighted by molar-refractivity contribution is -0.789. The van der Waals surface area contributed by atoms with Crippen molar-refractivity contribution in [1.82, 2.24) is 20.6 Å². The molecule has 2 atom stereocenters. The summed E-state index contributed by atoms with van der Waals surface area (Å²) in [6.07, 6.45) is 1.49. The van der Waals surface area contributed by atoms with E-state index < -0.39 is 47.3 Å². The molecule has 0 spiro atoms. The lowest BCUT2D eigenvalue weighted by atomic mass is 10.1. The van der Waals surface area contributed by atoms with Crippen LogP contribution in [-0.4, -0.2) is 63.8 Å². The largest absolute Gasteiger partial charge is 0.352 e. The van der Waals surface area contributed by atoms with Crippen LogP contribution in [0.5, 0.6) is 0 Å². The van der Waals surface area contributed by atoms with Gasteiger partial charge in [-0.2, -0.15) is 0 Å². The van der Waals surface area contributed by atoms with Crippen molar-refractivity contribution in [3.05, 3.63) is 38.4 Å². The van der Waals surface area contributed by atoms with Gasteiger partial charge in [0.15, 0.2) is 0 Å². The summed E-state index contributed by atoms with van der Waals surface area (Å²) >= 11 is 0. The molecule has 0 aliphatic rings. The fourth-order valence-corrected chi connectivity index (χ4v) is 1.95. The second-order valence-corrected chi connectivity index (χ2v) is 5.16. The SMILES string of the molecule is NCCC(=O)N[C@@H](Cc1cnc[nH]1)C(=O)NC[C@H](CO[N+](=O)[O-])O[N+](=O)[O-]. The molecule has 1 rings (SSSR count). The molecule has 0 saturated carbocycles. The summed E-state index contributed by atoms with van der Waals surface area (Å²) in [7, 11) is 0. The predicted molar refractivity (Wildman–Crippen MR) is 85.7 cm³/mol. The summed E-state index contributed by atoms with van der Waals surface area (Å²) in [5.41, 5.74) is 5.85. The first-order valence-corrected chi connectivity index (χ1v) is 7.64. The topological polar surface area (TPSA) is 218 Å². The van der Waals surface area contributed by atoms with E-state index in [9.17, 15) is 29.8 Å². The molecule has 15 heteroatoms. The highest BCUT2D eigenvalue weighted by Gasteiger charge is 2.24. The summed E-state index contributed by atoms with van der Waals surface area (Å²) in [5, 5.41) is 23.1. The van der Waals surface area contributed by atoms with E-state index in [1.165, 1.54) is 12.5 Å². The number of nitrogens with two attached hydrogens (primary N) is 1. The molecule has 27 heavy (non-hydrogen) atoms. The maximum Gasteiger partial charge on any atom is 0.294 e. The molecule has 2 amide bonds. The van der Waals surface area contributed by atoms with E-state index in [4.69, 9.17) is 5.73 Å². The van der Waals surface area contributed by atoms with Gasteiger partial charge in [0, 0.05) is 37.8 Å². The third-order valence-electron chi connectivity index (χ3n) is 3.11. The van der Waals surface area contributed by atoms with Gasteiger partial charge in [0.1, 0.15) is 18.8 Å². The van der Waals surface area contributed by atoms with Gasteiger partial charge < -0.3 is 31.0 Å². The molecule has 0 unspecified atom stereocenters. The number of imidazole rings is 1. The van der Waals surface area contributed by atoms with Crippen LogP contribution in [0.15, 0.2) is 12.5 Å². The lowest BCUT2D eigenvalue weighted by Crippen LogP contribution is -2.50. The van der Waals surface area contributed by atoms with Crippen molar-refractivity contribution in [2.24, 2.45) is 5.73 Å². The maximum absolute atomic E-state index is 12.3. The summed E-state index contributed by atoms with van der Waals surface area (Å²) in [4.78, 5) is 59.5. The maximum atomic E-state index is 12.3. The standard InChI is InChI=1S/C12H19N7O8/c13-2-1-11(20)17-10(3-8-4-14-7-16-8)12(21)15-5-9(27-19(24)25)6-26-18(22)23/h4,7,9-10H,1-3,5-6,13H2,(H,14,16)(H,15,21)(H,17,20)/t9-,10+/m1/s1. The number of aromatic nitrogens is 2. The van der Waals surface area contributed by atoms with Crippen molar-refractivity contribution in [2.45, 2.75) is 25.0 Å². The number of nitrogens with zero attached hydrogens (tertiary/aromatic N) is 3. The van der Waals surface area contributed by atoms with Crippen molar-refractivity contribution in [3.63, 3.8) is 0 Å². The molecular formula is C12H19N7O8. The lowest BCUT2D eigenvalue weighted by Gasteiger charge is -2.20. The van der Waals surface area contributed by atoms with Gasteiger partial charge in [0.2, 0.25) is 11.8 Å². The van der Waals surface area contributed by atoms with Gasteiger partial charge in [-0.05, 0) is 0 Å². The monoisotopic (exact) mass is 389 g/mol. The van der Waals surface area contributed by atoms with E-state index >= 15 is 0 Å². The summed E-state index contributed by atoms with van der Waals surface area (Å²) in [6, 6.07) is -1.03. The Kier molecular flexibility index (Phi) is 8.93. The van der Waals surface area contributed by atoms with Gasteiger partial charge in [0.05, 0.1) is 6.33 Å². The molecule has 15 nitrogen and oxygen atoms in total. The zero-order valence-electron chi connectivity index (χ0n) is 14.0. The molecule has 150 valence electrons. The van der Waals surface area contributed by atoms with Gasteiger partial charge >= 0.3 is 0 Å². The Morgan fingerprint density at radius 1 is 1.33 bits per heavy atom. The van der Waals surface area contributed by atoms with Crippen LogP contribution >= 0.6 is 0 Å². The highest BCUT2D eigenvalue weighted by Crippen LogP contribution is 2.01. The molecular weight excluding hydrogens is 370 g/mol. The second-order valence-electron chi connectivity index (χ2n) is 5.16. The van der Waals surface area contributed by atoms with Gasteiger partial charge in [-0.3, -0.25) is 9.59 Å². The van der Waals surface area contributed by atoms with Crippen molar-refractivity contribution in [2.75, 3.05) is 19.7 Å². The zero-order valence-corrected chi connectivity index (χ0v) is 14.0. The average molecular weight is 389 g/mol. The van der Waals surface area contributed by atoms with E-state index in [2.05, 4.69) is 30.3 Å². The Morgan fingerprint density at radius 3 is 2.63 bits per heavy atom. The molecule has 0 saturated heterocycles. The predicted octanol–water partition coefficient (Wildman–Crippen LogP) is -2.31. The zero-order chi connectivity index (χ0) is 20.2. The molecule has 0 fully saturated rings. The van der Waals surface area contributed by atoms with Gasteiger partial charge in [0.25, 0.3) is 10.2 Å². The number of aromatic amines is 1. The molecule has 0 bridgehead atoms. The number of carbonyl (C=O) groups is 2. The number of hydrogen-bond donors (Lipinski definition) is 4. The van der Waals surface area contributed by atoms with Crippen LogP contribution in [0, 0.1) is 20.2 Å². The smallest absolute Gasteiger partial charge is 0.294 e. The quantitative estimate of drug-likeness (QED) is 0.208. The number of H-pyrrole nitrogens is 1. The first-order valence-electron chi connectivity index (χ1n) is 7.64. The first kappa shape index (κ1) is 21.6. The van der Waals surface area contributed by atoms with Crippen LogP contribution in [0.1, 0.15) is 12.1 Å². The molecule has 5 N–H and O–H groups in total. The Morgan fingerprint density at radius 2 is 2.07 bits per heavy atom. The number of hydrogen-bond acceptors (Lipinski definition) is 10. The molecule has 0 aromatic carbocycles. The first-order chi connectivity index (χ1) is 12.8. The highest BCUT2D eigenvalue weighted by molar-refractivity contribution is 5.87. The highest BCUT2D eigenvalue weighted by atomic mass is 17.0. The minimum absolute atomic E-state index is 0.00348. The number of rotatable bonds is 13. The molecule has 1 aromatic heterocycles. The Balaban J connectivity index is 2.69. The van der Waals surface area contributed by atoms with E-state index in [0.29, 0.717) is 5.69 Å². The van der Waals surface area contributed by atoms with Crippen molar-refractivity contribution in [1.29, 1.82) is 0 Å². The summed E-state index contributed by atoms with van der Waals surface area (Å²) in [5.74, 6) is -1.15. The van der Waals surface area contributed by atoms with Crippen molar-refractivity contribution in [3.8, 4) is 0 Å². The third-order valence-corrected chi connectivity index (χ3v) is 3.11. The van der Waals surface area contributed by atoms with Crippen molar-refractivity contribution >= 4 is 11.8 Å². The van der Waals surface area contributed by atoms with Crippen LogP contribution in [0.25, 0.3) is 0 Å². The van der Waals surface area contributed by atoms with Crippen LogP contribution in [0.2, 0.25) is 0 Å². The number of carbonyl (C=O) groups excluding carboxylic acids is 2. The minimum atomic E-state index is -1.41. The molecule has 0 radical (unpaired) electrons. The van der Waals surface area contributed by atoms with Crippen LogP contribution in [0.4, 0.5) is 0 Å². The third kappa shape index (κ3) is 8.96. The fraction of sp³-hybridized carbons (Fsp3) is 0.583. The second kappa shape index (κ2) is 11.2. The number of nitrogens with one attached hydrogen (secondary N) is 3.